The van der Waals surface area contributed by atoms with Crippen molar-refractivity contribution in [3.05, 3.63) is 48.1 Å². The lowest BCUT2D eigenvalue weighted by molar-refractivity contribution is -0.253. The van der Waals surface area contributed by atoms with Crippen LogP contribution in [0, 0.1) is 17.8 Å². The fourth-order valence-electron chi connectivity index (χ4n) is 7.20. The first-order valence-electron chi connectivity index (χ1n) is 15.8. The minimum atomic E-state index is -1.33. The van der Waals surface area contributed by atoms with Crippen molar-refractivity contribution < 1.29 is 39.2 Å². The van der Waals surface area contributed by atoms with E-state index >= 15 is 0 Å². The van der Waals surface area contributed by atoms with E-state index in [0.717, 1.165) is 36.8 Å². The van der Waals surface area contributed by atoms with E-state index in [2.05, 4.69) is 12.7 Å². The summed E-state index contributed by atoms with van der Waals surface area (Å²) in [7, 11) is 3.02. The number of rotatable bonds is 13. The van der Waals surface area contributed by atoms with Crippen LogP contribution < -0.4 is 4.74 Å². The molecule has 1 aromatic carbocycles. The molecular formula is C34H50N2O8. The molecule has 6 atom stereocenters. The van der Waals surface area contributed by atoms with Gasteiger partial charge in [0.1, 0.15) is 23.1 Å². The van der Waals surface area contributed by atoms with Gasteiger partial charge in [-0.25, -0.2) is 4.79 Å². The van der Waals surface area contributed by atoms with E-state index in [9.17, 15) is 20.1 Å². The molecule has 44 heavy (non-hydrogen) atoms. The van der Waals surface area contributed by atoms with Crippen molar-refractivity contribution in [1.82, 2.24) is 4.90 Å². The van der Waals surface area contributed by atoms with Gasteiger partial charge in [0.05, 0.1) is 25.3 Å². The lowest BCUT2D eigenvalue weighted by Gasteiger charge is -2.59. The van der Waals surface area contributed by atoms with E-state index in [-0.39, 0.29) is 43.3 Å². The number of methoxy groups -OCH3 is 1. The third kappa shape index (κ3) is 6.92. The number of nitrogens with zero attached hydrogens (tertiary/aromatic N) is 2. The number of amides is 1. The Morgan fingerprint density at radius 3 is 2.52 bits per heavy atom. The Morgan fingerprint density at radius 1 is 1.18 bits per heavy atom. The Morgan fingerprint density at radius 2 is 1.89 bits per heavy atom. The molecule has 0 spiro atoms. The van der Waals surface area contributed by atoms with Gasteiger partial charge >= 0.3 is 6.09 Å². The highest BCUT2D eigenvalue weighted by molar-refractivity contribution is 6.02. The Hall–Kier alpha value is -3.08. The third-order valence-corrected chi connectivity index (χ3v) is 9.02. The van der Waals surface area contributed by atoms with Crippen LogP contribution in [0.15, 0.2) is 47.7 Å². The maximum atomic E-state index is 13.1. The lowest BCUT2D eigenvalue weighted by atomic mass is 9.55. The third-order valence-electron chi connectivity index (χ3n) is 9.02. The fraction of sp³-hybridized carbons (Fsp3) is 0.647. The summed E-state index contributed by atoms with van der Waals surface area (Å²) in [5.41, 5.74) is 1.98. The zero-order chi connectivity index (χ0) is 32.1. The molecule has 0 radical (unpaired) electrons. The second-order valence-corrected chi connectivity index (χ2v) is 13.1. The van der Waals surface area contributed by atoms with Crippen LogP contribution in [0.2, 0.25) is 0 Å². The first-order valence-corrected chi connectivity index (χ1v) is 15.8. The zero-order valence-corrected chi connectivity index (χ0v) is 26.8. The second-order valence-electron chi connectivity index (χ2n) is 13.1. The van der Waals surface area contributed by atoms with E-state index in [1.807, 2.05) is 20.8 Å². The smallest absolute Gasteiger partial charge is 0.409 e. The van der Waals surface area contributed by atoms with Crippen LogP contribution in [-0.4, -0.2) is 83.4 Å². The Labute approximate surface area is 261 Å². The van der Waals surface area contributed by atoms with Crippen LogP contribution >= 0.6 is 0 Å². The molecule has 1 amide bonds. The van der Waals surface area contributed by atoms with Gasteiger partial charge in [-0.1, -0.05) is 30.1 Å². The molecule has 0 unspecified atom stereocenters. The summed E-state index contributed by atoms with van der Waals surface area (Å²) in [5.74, 6) is -0.985. The van der Waals surface area contributed by atoms with Crippen molar-refractivity contribution in [2.45, 2.75) is 89.1 Å². The number of fused-ring (bicyclic) bond motifs is 2. The van der Waals surface area contributed by atoms with E-state index in [4.69, 9.17) is 24.2 Å². The summed E-state index contributed by atoms with van der Waals surface area (Å²) in [6.07, 6.45) is 8.43. The average molecular weight is 615 g/mol. The van der Waals surface area contributed by atoms with Gasteiger partial charge in [0.2, 0.25) is 5.79 Å². The van der Waals surface area contributed by atoms with E-state index in [1.54, 1.807) is 31.3 Å². The summed E-state index contributed by atoms with van der Waals surface area (Å²) < 4.78 is 18.8. The molecule has 10 heteroatoms. The van der Waals surface area contributed by atoms with Crippen LogP contribution in [0.5, 0.6) is 11.5 Å². The summed E-state index contributed by atoms with van der Waals surface area (Å²) >= 11 is 0. The minimum Gasteiger partial charge on any atom is -0.508 e. The van der Waals surface area contributed by atoms with Gasteiger partial charge in [-0.2, -0.15) is 0 Å². The van der Waals surface area contributed by atoms with Gasteiger partial charge in [-0.3, -0.25) is 0 Å². The Kier molecular flexibility index (Phi) is 11.0. The van der Waals surface area contributed by atoms with Crippen molar-refractivity contribution in [3.8, 4) is 11.5 Å². The number of allylic oxidation sites excluding steroid dienone is 1. The Balaban J connectivity index is 2.01. The lowest BCUT2D eigenvalue weighted by Crippen LogP contribution is -2.69. The number of oxime groups is 1. The van der Waals surface area contributed by atoms with Crippen molar-refractivity contribution in [2.24, 2.45) is 22.9 Å². The molecule has 244 valence electrons. The minimum absolute atomic E-state index is 0.0946. The second kappa shape index (κ2) is 14.3. The number of carbonyl (C=O) groups is 1. The van der Waals surface area contributed by atoms with Gasteiger partial charge in [-0.05, 0) is 82.1 Å². The van der Waals surface area contributed by atoms with Crippen LogP contribution in [-0.2, 0) is 14.3 Å². The van der Waals surface area contributed by atoms with Gasteiger partial charge in [0.15, 0.2) is 0 Å². The summed E-state index contributed by atoms with van der Waals surface area (Å²) in [6, 6.07) is 4.50. The number of likely N-dealkylation sites (N-methyl/N-ethyl adjacent to an activating group) is 1. The number of unbranched alkanes of at least 4 members (excludes halogenated alkanes) is 2. The quantitative estimate of drug-likeness (QED) is 0.150. The normalized spacial score (nSPS) is 28.3. The molecule has 1 aliphatic heterocycles. The van der Waals surface area contributed by atoms with Gasteiger partial charge in [0.25, 0.3) is 0 Å². The van der Waals surface area contributed by atoms with Crippen molar-refractivity contribution in [1.29, 1.82) is 0 Å². The van der Waals surface area contributed by atoms with Crippen molar-refractivity contribution in [2.75, 3.05) is 34.0 Å². The number of aromatic hydroxyl groups is 1. The topological polar surface area (TPSA) is 130 Å². The van der Waals surface area contributed by atoms with E-state index in [1.165, 1.54) is 12.0 Å². The molecule has 1 fully saturated rings. The first-order chi connectivity index (χ1) is 21.0. The van der Waals surface area contributed by atoms with Gasteiger partial charge in [-0.15, -0.1) is 6.58 Å². The van der Waals surface area contributed by atoms with E-state index in [0.29, 0.717) is 30.7 Å². The van der Waals surface area contributed by atoms with Crippen LogP contribution in [0.3, 0.4) is 0 Å². The van der Waals surface area contributed by atoms with Gasteiger partial charge in [0, 0.05) is 38.2 Å². The number of aliphatic hydroxyl groups is 2. The highest BCUT2D eigenvalue weighted by Crippen LogP contribution is 2.61. The molecule has 1 aromatic rings. The molecule has 0 aromatic heterocycles. The maximum absolute atomic E-state index is 13.1. The molecule has 1 heterocycles. The fourth-order valence-corrected chi connectivity index (χ4v) is 7.20. The predicted octanol–water partition coefficient (Wildman–Crippen LogP) is 5.52. The molecule has 1 saturated carbocycles. The summed E-state index contributed by atoms with van der Waals surface area (Å²) in [4.78, 5) is 20.6. The average Bonchev–Trinajstić information content (AvgIpc) is 2.99. The summed E-state index contributed by atoms with van der Waals surface area (Å²) in [5, 5.41) is 34.7. The number of aliphatic hydroxyl groups excluding tert-OH is 2. The standard InChI is InChI=1S/C34H50N2O8/c1-7-18-42-34-29(36(5)32(40)41-6)21-27(35-44-33(2,3)4)25-19-22(12-8-10-16-37)24(13-9-11-17-38)30(31(25)34)26-20-23(39)14-15-28(26)43-34/h7,14-15,19-20,22,24,29-31,37-39H,1,8-13,16-18,21H2,2-6H3/t22-,24+,29-,30+,31+,34+/m0/s1. The van der Waals surface area contributed by atoms with Crippen molar-refractivity contribution in [3.63, 3.8) is 0 Å². The Bertz CT molecular complexity index is 1220. The zero-order valence-electron chi connectivity index (χ0n) is 26.8. The number of carbonyl (C=O) groups excluding carboxylic acids is 1. The molecule has 3 N–H and O–H groups in total. The molecular weight excluding hydrogens is 564 g/mol. The first kappa shape index (κ1) is 33.8. The van der Waals surface area contributed by atoms with Crippen LogP contribution in [0.25, 0.3) is 0 Å². The van der Waals surface area contributed by atoms with Crippen LogP contribution in [0.1, 0.15) is 77.2 Å². The highest BCUT2D eigenvalue weighted by atomic mass is 16.7. The maximum Gasteiger partial charge on any atom is 0.409 e. The monoisotopic (exact) mass is 614 g/mol. The molecule has 0 bridgehead atoms. The summed E-state index contributed by atoms with van der Waals surface area (Å²) in [6.45, 7) is 10.1. The largest absolute Gasteiger partial charge is 0.508 e. The molecule has 0 saturated heterocycles. The molecule has 10 nitrogen and oxygen atoms in total. The SMILES string of the molecule is C=CCO[C@@]12Oc3ccc(O)cc3[C@H]3[C@H](CCCCO)[C@@H](CCCCO)C=C(C(=NOC(C)(C)C)C[C@@H]1N(C)C(=O)OC)[C@H]32. The number of phenols is 1. The van der Waals surface area contributed by atoms with Crippen molar-refractivity contribution >= 4 is 11.8 Å². The molecule has 2 aliphatic carbocycles. The number of hydrogen-bond donors (Lipinski definition) is 3. The van der Waals surface area contributed by atoms with Gasteiger partial charge < -0.3 is 39.3 Å². The number of phenolic OH excluding ortho intramolecular Hbond substituents is 1. The predicted molar refractivity (Wildman–Crippen MR) is 168 cm³/mol. The molecule has 3 aliphatic rings. The number of benzene rings is 1. The number of ether oxygens (including phenoxy) is 3. The molecule has 4 rings (SSSR count). The van der Waals surface area contributed by atoms with Crippen LogP contribution in [0.4, 0.5) is 4.79 Å². The highest BCUT2D eigenvalue weighted by Gasteiger charge is 2.65. The number of hydrogen-bond acceptors (Lipinski definition) is 9. The van der Waals surface area contributed by atoms with E-state index < -0.39 is 29.4 Å².